The van der Waals surface area contributed by atoms with Crippen molar-refractivity contribution < 1.29 is 19.5 Å². The molecule has 1 aliphatic rings. The summed E-state index contributed by atoms with van der Waals surface area (Å²) in [6, 6.07) is 9.65. The van der Waals surface area contributed by atoms with Crippen molar-refractivity contribution in [2.45, 2.75) is 32.7 Å². The van der Waals surface area contributed by atoms with Gasteiger partial charge in [0.2, 0.25) is 11.8 Å². The molecule has 0 bridgehead atoms. The van der Waals surface area contributed by atoms with Gasteiger partial charge in [0.1, 0.15) is 0 Å². The van der Waals surface area contributed by atoms with Crippen molar-refractivity contribution in [3.63, 3.8) is 0 Å². The molecule has 1 fully saturated rings. The Hall–Kier alpha value is -2.37. The lowest BCUT2D eigenvalue weighted by atomic mass is 10.0. The van der Waals surface area contributed by atoms with Gasteiger partial charge in [0.15, 0.2) is 0 Å². The molecule has 0 saturated carbocycles. The number of hydrogen-bond donors (Lipinski definition) is 2. The molecule has 6 heteroatoms. The van der Waals surface area contributed by atoms with Gasteiger partial charge in [0.05, 0.1) is 11.8 Å². The van der Waals surface area contributed by atoms with E-state index in [2.05, 4.69) is 5.32 Å². The minimum Gasteiger partial charge on any atom is -0.481 e. The van der Waals surface area contributed by atoms with Crippen molar-refractivity contribution in [2.75, 3.05) is 13.1 Å². The fourth-order valence-corrected chi connectivity index (χ4v) is 2.93. The average Bonchev–Trinajstić information content (AvgIpc) is 2.93. The van der Waals surface area contributed by atoms with Crippen LogP contribution in [0.15, 0.2) is 30.3 Å². The number of benzene rings is 1. The molecule has 0 spiro atoms. The third-order valence-electron chi connectivity index (χ3n) is 4.31. The van der Waals surface area contributed by atoms with Crippen molar-refractivity contribution >= 4 is 17.8 Å². The number of amides is 2. The summed E-state index contributed by atoms with van der Waals surface area (Å²) in [5.41, 5.74) is 1.03. The summed E-state index contributed by atoms with van der Waals surface area (Å²) >= 11 is 0. The van der Waals surface area contributed by atoms with E-state index in [1.54, 1.807) is 4.90 Å². The van der Waals surface area contributed by atoms with Crippen LogP contribution in [0.25, 0.3) is 0 Å². The van der Waals surface area contributed by atoms with Crippen LogP contribution in [0, 0.1) is 11.8 Å². The summed E-state index contributed by atoms with van der Waals surface area (Å²) in [6.07, 6.45) is 1.46. The topological polar surface area (TPSA) is 86.7 Å². The third kappa shape index (κ3) is 4.81. The zero-order valence-corrected chi connectivity index (χ0v) is 13.9. The van der Waals surface area contributed by atoms with Gasteiger partial charge in [-0.15, -0.1) is 0 Å². The second-order valence-corrected chi connectivity index (χ2v) is 6.23. The van der Waals surface area contributed by atoms with Crippen LogP contribution in [0.5, 0.6) is 0 Å². The molecule has 24 heavy (non-hydrogen) atoms. The first-order valence-corrected chi connectivity index (χ1v) is 8.33. The van der Waals surface area contributed by atoms with E-state index in [1.807, 2.05) is 37.3 Å². The molecule has 130 valence electrons. The molecule has 0 aromatic heterocycles. The van der Waals surface area contributed by atoms with Crippen LogP contribution in [-0.4, -0.2) is 40.9 Å². The summed E-state index contributed by atoms with van der Waals surface area (Å²) in [4.78, 5) is 37.1. The smallest absolute Gasteiger partial charge is 0.308 e. The SMILES string of the molecule is CCCC(CNC(=O)C1CC(=O)N(Cc2ccccc2)C1)C(=O)O. The molecule has 1 heterocycles. The van der Waals surface area contributed by atoms with E-state index in [-0.39, 0.29) is 24.8 Å². The molecular weight excluding hydrogens is 308 g/mol. The van der Waals surface area contributed by atoms with Crippen molar-refractivity contribution in [3.8, 4) is 0 Å². The zero-order chi connectivity index (χ0) is 17.5. The lowest BCUT2D eigenvalue weighted by Gasteiger charge is -2.17. The largest absolute Gasteiger partial charge is 0.481 e. The van der Waals surface area contributed by atoms with E-state index >= 15 is 0 Å². The van der Waals surface area contributed by atoms with Crippen LogP contribution in [-0.2, 0) is 20.9 Å². The van der Waals surface area contributed by atoms with Crippen LogP contribution in [0.3, 0.4) is 0 Å². The van der Waals surface area contributed by atoms with Crippen LogP contribution in [0.2, 0.25) is 0 Å². The monoisotopic (exact) mass is 332 g/mol. The van der Waals surface area contributed by atoms with Crippen molar-refractivity contribution in [2.24, 2.45) is 11.8 Å². The van der Waals surface area contributed by atoms with Crippen LogP contribution in [0.4, 0.5) is 0 Å². The molecular formula is C18H24N2O4. The highest BCUT2D eigenvalue weighted by Crippen LogP contribution is 2.20. The van der Waals surface area contributed by atoms with Gasteiger partial charge < -0.3 is 15.3 Å². The van der Waals surface area contributed by atoms with Gasteiger partial charge in [-0.2, -0.15) is 0 Å². The maximum absolute atomic E-state index is 12.2. The van der Waals surface area contributed by atoms with Gasteiger partial charge >= 0.3 is 5.97 Å². The molecule has 1 aliphatic heterocycles. The Labute approximate surface area is 141 Å². The highest BCUT2D eigenvalue weighted by atomic mass is 16.4. The number of nitrogens with one attached hydrogen (secondary N) is 1. The first kappa shape index (κ1) is 18.0. The number of carboxylic acid groups (broad SMARTS) is 1. The summed E-state index contributed by atoms with van der Waals surface area (Å²) in [7, 11) is 0. The summed E-state index contributed by atoms with van der Waals surface area (Å²) in [6.45, 7) is 2.91. The van der Waals surface area contributed by atoms with E-state index in [9.17, 15) is 14.4 Å². The Kier molecular flexibility index (Phi) is 6.35. The van der Waals surface area contributed by atoms with E-state index < -0.39 is 17.8 Å². The molecule has 0 radical (unpaired) electrons. The number of carbonyl (C=O) groups excluding carboxylic acids is 2. The van der Waals surface area contributed by atoms with Crippen molar-refractivity contribution in [3.05, 3.63) is 35.9 Å². The minimum atomic E-state index is -0.898. The van der Waals surface area contributed by atoms with E-state index in [0.29, 0.717) is 19.5 Å². The Morgan fingerprint density at radius 3 is 2.67 bits per heavy atom. The number of carbonyl (C=O) groups is 3. The predicted molar refractivity (Wildman–Crippen MR) is 89.0 cm³/mol. The molecule has 0 aliphatic carbocycles. The molecule has 2 amide bonds. The number of likely N-dealkylation sites (tertiary alicyclic amines) is 1. The molecule has 1 aromatic rings. The quantitative estimate of drug-likeness (QED) is 0.758. The third-order valence-corrected chi connectivity index (χ3v) is 4.31. The summed E-state index contributed by atoms with van der Waals surface area (Å²) < 4.78 is 0. The lowest BCUT2D eigenvalue weighted by molar-refractivity contribution is -0.142. The predicted octanol–water partition coefficient (Wildman–Crippen LogP) is 1.65. The maximum Gasteiger partial charge on any atom is 0.308 e. The Balaban J connectivity index is 1.85. The molecule has 1 aromatic carbocycles. The Morgan fingerprint density at radius 1 is 1.33 bits per heavy atom. The maximum atomic E-state index is 12.2. The van der Waals surface area contributed by atoms with E-state index in [4.69, 9.17) is 5.11 Å². The number of aliphatic carboxylic acids is 1. The van der Waals surface area contributed by atoms with Crippen LogP contribution < -0.4 is 5.32 Å². The highest BCUT2D eigenvalue weighted by Gasteiger charge is 2.34. The number of hydrogen-bond acceptors (Lipinski definition) is 3. The fraction of sp³-hybridized carbons (Fsp3) is 0.500. The van der Waals surface area contributed by atoms with Gasteiger partial charge in [0, 0.05) is 26.1 Å². The number of nitrogens with zero attached hydrogens (tertiary/aromatic N) is 1. The summed E-state index contributed by atoms with van der Waals surface area (Å²) in [5.74, 6) is -2.15. The van der Waals surface area contributed by atoms with Crippen LogP contribution >= 0.6 is 0 Å². The second kappa shape index (κ2) is 8.47. The fourth-order valence-electron chi connectivity index (χ4n) is 2.93. The van der Waals surface area contributed by atoms with Gasteiger partial charge in [-0.25, -0.2) is 0 Å². The van der Waals surface area contributed by atoms with Crippen LogP contribution in [0.1, 0.15) is 31.7 Å². The first-order valence-electron chi connectivity index (χ1n) is 8.33. The van der Waals surface area contributed by atoms with Crippen molar-refractivity contribution in [1.29, 1.82) is 0 Å². The number of rotatable bonds is 8. The van der Waals surface area contributed by atoms with Gasteiger partial charge in [-0.1, -0.05) is 43.7 Å². The average molecular weight is 332 g/mol. The van der Waals surface area contributed by atoms with Gasteiger partial charge in [0.25, 0.3) is 0 Å². The zero-order valence-electron chi connectivity index (χ0n) is 13.9. The van der Waals surface area contributed by atoms with E-state index in [1.165, 1.54) is 0 Å². The molecule has 2 atom stereocenters. The Morgan fingerprint density at radius 2 is 2.04 bits per heavy atom. The van der Waals surface area contributed by atoms with Gasteiger partial charge in [-0.05, 0) is 12.0 Å². The van der Waals surface area contributed by atoms with Gasteiger partial charge in [-0.3, -0.25) is 14.4 Å². The van der Waals surface area contributed by atoms with E-state index in [0.717, 1.165) is 12.0 Å². The minimum absolute atomic E-state index is 0.0395. The van der Waals surface area contributed by atoms with Crippen molar-refractivity contribution in [1.82, 2.24) is 10.2 Å². The Bertz CT molecular complexity index is 588. The summed E-state index contributed by atoms with van der Waals surface area (Å²) in [5, 5.41) is 11.8. The first-order chi connectivity index (χ1) is 11.5. The highest BCUT2D eigenvalue weighted by molar-refractivity contribution is 5.89. The number of carboxylic acids is 1. The molecule has 2 rings (SSSR count). The normalized spacial score (nSPS) is 18.5. The molecule has 1 saturated heterocycles. The molecule has 6 nitrogen and oxygen atoms in total. The second-order valence-electron chi connectivity index (χ2n) is 6.23. The molecule has 2 unspecified atom stereocenters. The molecule has 2 N–H and O–H groups in total. The standard InChI is InChI=1S/C18H24N2O4/c1-2-6-14(18(23)24)10-19-17(22)15-9-16(21)20(12-15)11-13-7-4-3-5-8-13/h3-5,7-8,14-15H,2,6,9-12H2,1H3,(H,19,22)(H,23,24). The lowest BCUT2D eigenvalue weighted by Crippen LogP contribution is -2.37.